The minimum absolute atomic E-state index is 0.0977. The van der Waals surface area contributed by atoms with Gasteiger partial charge in [-0.05, 0) is 37.1 Å². The largest absolute Gasteiger partial charge is 0.455 e. The summed E-state index contributed by atoms with van der Waals surface area (Å²) in [6, 6.07) is 9.85. The number of thiophene rings is 1. The number of piperidine rings is 1. The number of halogens is 1. The third kappa shape index (κ3) is 5.79. The molecule has 2 aromatic rings. The van der Waals surface area contributed by atoms with Crippen LogP contribution in [0.5, 0.6) is 0 Å². The average Bonchev–Trinajstić information content (AvgIpc) is 3.18. The van der Waals surface area contributed by atoms with Crippen LogP contribution in [-0.4, -0.2) is 44.3 Å². The topological polar surface area (TPSA) is 92.8 Å². The number of sulfonamides is 1. The maximum atomic E-state index is 12.7. The van der Waals surface area contributed by atoms with Crippen LogP contribution in [0.25, 0.3) is 0 Å². The zero-order valence-electron chi connectivity index (χ0n) is 15.6. The third-order valence-electron chi connectivity index (χ3n) is 4.38. The summed E-state index contributed by atoms with van der Waals surface area (Å²) in [4.78, 5) is 24.5. The van der Waals surface area contributed by atoms with Crippen LogP contribution in [-0.2, 0) is 30.8 Å². The molecule has 29 heavy (non-hydrogen) atoms. The lowest BCUT2D eigenvalue weighted by Crippen LogP contribution is -2.35. The summed E-state index contributed by atoms with van der Waals surface area (Å²) >= 11 is 7.01. The SMILES string of the molecule is O=C(COC(=O)Cc1ccc(S(=O)(=O)N2CCCCC2)s1)Nc1ccccc1Cl. The van der Waals surface area contributed by atoms with Gasteiger partial charge in [0.25, 0.3) is 15.9 Å². The van der Waals surface area contributed by atoms with Gasteiger partial charge in [0.2, 0.25) is 0 Å². The first-order valence-corrected chi connectivity index (χ1v) is 11.8. The molecule has 0 spiro atoms. The standard InChI is InChI=1S/C19H21ClN2O5S2/c20-15-6-2-3-7-16(15)21-17(23)13-27-18(24)12-14-8-9-19(28-14)29(25,26)22-10-4-1-5-11-22/h2-3,6-9H,1,4-5,10-13H2,(H,21,23). The Balaban J connectivity index is 1.51. The number of nitrogens with zero attached hydrogens (tertiary/aromatic N) is 1. The van der Waals surface area contributed by atoms with Crippen LogP contribution < -0.4 is 5.32 Å². The number of anilines is 1. The van der Waals surface area contributed by atoms with Gasteiger partial charge in [0, 0.05) is 18.0 Å². The lowest BCUT2D eigenvalue weighted by Gasteiger charge is -2.25. The van der Waals surface area contributed by atoms with Gasteiger partial charge in [0.05, 0.1) is 17.1 Å². The first-order valence-electron chi connectivity index (χ1n) is 9.15. The van der Waals surface area contributed by atoms with Crippen molar-refractivity contribution in [1.82, 2.24) is 4.31 Å². The van der Waals surface area contributed by atoms with Crippen LogP contribution in [0.2, 0.25) is 5.02 Å². The van der Waals surface area contributed by atoms with Crippen molar-refractivity contribution >= 4 is 50.5 Å². The second kappa shape index (κ2) is 9.71. The number of esters is 1. The highest BCUT2D eigenvalue weighted by molar-refractivity contribution is 7.91. The zero-order valence-corrected chi connectivity index (χ0v) is 18.0. The molecular weight excluding hydrogens is 436 g/mol. The van der Waals surface area contributed by atoms with Crippen molar-refractivity contribution in [3.05, 3.63) is 46.3 Å². The summed E-state index contributed by atoms with van der Waals surface area (Å²) in [6.45, 7) is 0.602. The number of benzene rings is 1. The second-order valence-electron chi connectivity index (χ2n) is 6.55. The van der Waals surface area contributed by atoms with Crippen molar-refractivity contribution in [2.45, 2.75) is 29.9 Å². The normalized spacial score (nSPS) is 15.1. The van der Waals surface area contributed by atoms with Gasteiger partial charge in [-0.25, -0.2) is 8.42 Å². The number of hydrogen-bond acceptors (Lipinski definition) is 6. The van der Waals surface area contributed by atoms with Gasteiger partial charge in [0.15, 0.2) is 6.61 Å². The van der Waals surface area contributed by atoms with Crippen molar-refractivity contribution < 1.29 is 22.7 Å². The third-order valence-corrected chi connectivity index (χ3v) is 8.16. The van der Waals surface area contributed by atoms with Gasteiger partial charge in [-0.15, -0.1) is 11.3 Å². The molecule has 7 nitrogen and oxygen atoms in total. The summed E-state index contributed by atoms with van der Waals surface area (Å²) in [6.07, 6.45) is 2.66. The number of ether oxygens (including phenoxy) is 1. The number of hydrogen-bond donors (Lipinski definition) is 1. The molecular formula is C19H21ClN2O5S2. The van der Waals surface area contributed by atoms with E-state index in [1.54, 1.807) is 30.3 Å². The molecule has 2 heterocycles. The van der Waals surface area contributed by atoms with Crippen LogP contribution >= 0.6 is 22.9 Å². The van der Waals surface area contributed by atoms with E-state index < -0.39 is 28.5 Å². The van der Waals surface area contributed by atoms with Crippen molar-refractivity contribution in [2.24, 2.45) is 0 Å². The number of carbonyl (C=O) groups excluding carboxylic acids is 2. The van der Waals surface area contributed by atoms with E-state index in [4.69, 9.17) is 16.3 Å². The maximum Gasteiger partial charge on any atom is 0.311 e. The molecule has 1 fully saturated rings. The van der Waals surface area contributed by atoms with E-state index in [1.165, 1.54) is 10.4 Å². The number of nitrogens with one attached hydrogen (secondary N) is 1. The van der Waals surface area contributed by atoms with Crippen LogP contribution in [0.15, 0.2) is 40.6 Å². The number of amides is 1. The van der Waals surface area contributed by atoms with Crippen molar-refractivity contribution in [1.29, 1.82) is 0 Å². The molecule has 0 atom stereocenters. The van der Waals surface area contributed by atoms with E-state index >= 15 is 0 Å². The minimum atomic E-state index is -3.52. The molecule has 1 amide bonds. The van der Waals surface area contributed by atoms with Gasteiger partial charge in [-0.2, -0.15) is 4.31 Å². The Bertz CT molecular complexity index is 984. The summed E-state index contributed by atoms with van der Waals surface area (Å²) in [5.41, 5.74) is 0.432. The second-order valence-corrected chi connectivity index (χ2v) is 10.3. The zero-order chi connectivity index (χ0) is 20.9. The predicted octanol–water partition coefficient (Wildman–Crippen LogP) is 3.30. The number of carbonyl (C=O) groups is 2. The molecule has 0 aliphatic carbocycles. The lowest BCUT2D eigenvalue weighted by molar-refractivity contribution is -0.146. The molecule has 1 aromatic heterocycles. The van der Waals surface area contributed by atoms with E-state index in [2.05, 4.69) is 5.32 Å². The highest BCUT2D eigenvalue weighted by atomic mass is 35.5. The quantitative estimate of drug-likeness (QED) is 0.645. The monoisotopic (exact) mass is 456 g/mol. The summed E-state index contributed by atoms with van der Waals surface area (Å²) in [5, 5.41) is 2.94. The van der Waals surface area contributed by atoms with Crippen molar-refractivity contribution in [2.75, 3.05) is 25.0 Å². The van der Waals surface area contributed by atoms with Crippen LogP contribution in [0.3, 0.4) is 0 Å². The van der Waals surface area contributed by atoms with Crippen molar-refractivity contribution in [3.8, 4) is 0 Å². The van der Waals surface area contributed by atoms with E-state index in [9.17, 15) is 18.0 Å². The predicted molar refractivity (Wildman–Crippen MR) is 112 cm³/mol. The molecule has 1 saturated heterocycles. The average molecular weight is 457 g/mol. The molecule has 1 aliphatic rings. The minimum Gasteiger partial charge on any atom is -0.455 e. The molecule has 0 unspecified atom stereocenters. The van der Waals surface area contributed by atoms with Gasteiger partial charge in [-0.3, -0.25) is 9.59 Å². The fourth-order valence-corrected chi connectivity index (χ4v) is 6.11. The highest BCUT2D eigenvalue weighted by Gasteiger charge is 2.27. The van der Waals surface area contributed by atoms with Gasteiger partial charge < -0.3 is 10.1 Å². The van der Waals surface area contributed by atoms with Crippen molar-refractivity contribution in [3.63, 3.8) is 0 Å². The lowest BCUT2D eigenvalue weighted by atomic mass is 10.2. The Kier molecular flexibility index (Phi) is 7.28. The Morgan fingerprint density at radius 2 is 1.83 bits per heavy atom. The van der Waals surface area contributed by atoms with E-state index in [1.807, 2.05) is 0 Å². The van der Waals surface area contributed by atoms with Gasteiger partial charge >= 0.3 is 5.97 Å². The van der Waals surface area contributed by atoms with Gasteiger partial charge in [-0.1, -0.05) is 30.2 Å². The molecule has 10 heteroatoms. The first kappa shape index (κ1) is 21.8. The molecule has 1 aliphatic heterocycles. The van der Waals surface area contributed by atoms with E-state index in [0.29, 0.717) is 28.7 Å². The molecule has 0 radical (unpaired) electrons. The molecule has 0 bridgehead atoms. The summed E-state index contributed by atoms with van der Waals surface area (Å²) in [7, 11) is -3.52. The Morgan fingerprint density at radius 3 is 2.55 bits per heavy atom. The number of rotatable bonds is 7. The van der Waals surface area contributed by atoms with Crippen LogP contribution in [0, 0.1) is 0 Å². The molecule has 3 rings (SSSR count). The van der Waals surface area contributed by atoms with E-state index in [-0.39, 0.29) is 10.6 Å². The summed E-state index contributed by atoms with van der Waals surface area (Å²) < 4.78 is 32.0. The maximum absolute atomic E-state index is 12.7. The highest BCUT2D eigenvalue weighted by Crippen LogP contribution is 2.27. The fraction of sp³-hybridized carbons (Fsp3) is 0.368. The summed E-state index contributed by atoms with van der Waals surface area (Å²) in [5.74, 6) is -1.12. The molecule has 1 aromatic carbocycles. The number of para-hydroxylation sites is 1. The molecule has 1 N–H and O–H groups in total. The van der Waals surface area contributed by atoms with Crippen LogP contribution in [0.4, 0.5) is 5.69 Å². The Hall–Kier alpha value is -1.94. The Morgan fingerprint density at radius 1 is 1.10 bits per heavy atom. The Labute approximate surface area is 178 Å². The fourth-order valence-electron chi connectivity index (χ4n) is 2.91. The first-order chi connectivity index (χ1) is 13.9. The van der Waals surface area contributed by atoms with E-state index in [0.717, 1.165) is 30.6 Å². The van der Waals surface area contributed by atoms with Gasteiger partial charge in [0.1, 0.15) is 4.21 Å². The van der Waals surface area contributed by atoms with Crippen LogP contribution in [0.1, 0.15) is 24.1 Å². The molecule has 156 valence electrons. The smallest absolute Gasteiger partial charge is 0.311 e. The molecule has 0 saturated carbocycles.